The molecule has 1 aromatic rings. The van der Waals surface area contributed by atoms with Crippen LogP contribution in [0.5, 0.6) is 0 Å². The Bertz CT molecular complexity index is 405. The van der Waals surface area contributed by atoms with Gasteiger partial charge in [0.15, 0.2) is 0 Å². The number of anilines is 2. The van der Waals surface area contributed by atoms with E-state index < -0.39 is 0 Å². The summed E-state index contributed by atoms with van der Waals surface area (Å²) in [6.45, 7) is 12.6. The average molecular weight is 279 g/mol. The Balaban J connectivity index is 2.62. The van der Waals surface area contributed by atoms with Crippen molar-refractivity contribution in [2.75, 3.05) is 37.2 Å². The molecule has 0 saturated carbocycles. The van der Waals surface area contributed by atoms with Crippen molar-refractivity contribution in [3.05, 3.63) is 11.4 Å². The van der Waals surface area contributed by atoms with E-state index in [1.165, 1.54) is 6.42 Å². The van der Waals surface area contributed by atoms with Crippen molar-refractivity contribution in [3.63, 3.8) is 0 Å². The summed E-state index contributed by atoms with van der Waals surface area (Å²) in [7, 11) is 0. The Labute approximate surface area is 123 Å². The molecule has 5 heteroatoms. The third kappa shape index (κ3) is 4.96. The number of rotatable bonds is 9. The minimum atomic E-state index is 0.590. The lowest BCUT2D eigenvalue weighted by atomic mass is 10.2. The second-order valence-electron chi connectivity index (χ2n) is 5.11. The molecule has 1 rings (SSSR count). The highest BCUT2D eigenvalue weighted by Gasteiger charge is 2.08. The fourth-order valence-electron chi connectivity index (χ4n) is 2.17. The van der Waals surface area contributed by atoms with E-state index in [2.05, 4.69) is 41.0 Å². The molecular formula is C15H29N5. The van der Waals surface area contributed by atoms with E-state index in [0.29, 0.717) is 5.82 Å². The number of likely N-dealkylation sites (N-methyl/N-ethyl adjacent to an activating group) is 1. The molecule has 0 unspecified atom stereocenters. The molecule has 1 aromatic heterocycles. The van der Waals surface area contributed by atoms with Crippen LogP contribution in [0.4, 0.5) is 11.6 Å². The van der Waals surface area contributed by atoms with Crippen molar-refractivity contribution in [1.82, 2.24) is 14.9 Å². The van der Waals surface area contributed by atoms with Crippen molar-refractivity contribution >= 4 is 11.6 Å². The molecule has 0 spiro atoms. The first-order valence-electron chi connectivity index (χ1n) is 7.71. The lowest BCUT2D eigenvalue weighted by molar-refractivity contribution is 0.300. The second-order valence-corrected chi connectivity index (χ2v) is 5.11. The van der Waals surface area contributed by atoms with Gasteiger partial charge in [-0.2, -0.15) is 0 Å². The van der Waals surface area contributed by atoms with Crippen molar-refractivity contribution < 1.29 is 0 Å². The monoisotopic (exact) mass is 279 g/mol. The quantitative estimate of drug-likeness (QED) is 0.727. The maximum absolute atomic E-state index is 5.96. The van der Waals surface area contributed by atoms with Gasteiger partial charge in [-0.15, -0.1) is 0 Å². The molecule has 0 radical (unpaired) electrons. The molecule has 0 atom stereocenters. The number of nitrogens with two attached hydrogens (primary N) is 1. The standard InChI is InChI=1S/C15H29N5/c1-5-8-13-18-14(16)12(4)15(19-13)17-9-11-20(7-3)10-6-2/h5-11H2,1-4H3,(H3,16,17,18,19). The fourth-order valence-corrected chi connectivity index (χ4v) is 2.17. The molecule has 0 aliphatic rings. The van der Waals surface area contributed by atoms with Crippen LogP contribution in [0.25, 0.3) is 0 Å². The van der Waals surface area contributed by atoms with Gasteiger partial charge in [0.05, 0.1) is 0 Å². The second kappa shape index (κ2) is 8.74. The molecule has 0 bridgehead atoms. The summed E-state index contributed by atoms with van der Waals surface area (Å²) >= 11 is 0. The van der Waals surface area contributed by atoms with E-state index in [1.54, 1.807) is 0 Å². The molecule has 0 saturated heterocycles. The number of nitrogen functional groups attached to an aromatic ring is 1. The SMILES string of the molecule is CCCc1nc(N)c(C)c(NCCN(CC)CCC)n1. The van der Waals surface area contributed by atoms with Gasteiger partial charge in [-0.3, -0.25) is 0 Å². The lowest BCUT2D eigenvalue weighted by Gasteiger charge is -2.20. The highest BCUT2D eigenvalue weighted by molar-refractivity contribution is 5.54. The summed E-state index contributed by atoms with van der Waals surface area (Å²) in [5.74, 6) is 2.30. The predicted molar refractivity (Wildman–Crippen MR) is 86.1 cm³/mol. The van der Waals surface area contributed by atoms with E-state index in [0.717, 1.165) is 56.2 Å². The summed E-state index contributed by atoms with van der Waals surface area (Å²) in [6, 6.07) is 0. The van der Waals surface area contributed by atoms with Crippen molar-refractivity contribution in [2.24, 2.45) is 0 Å². The minimum Gasteiger partial charge on any atom is -0.383 e. The smallest absolute Gasteiger partial charge is 0.134 e. The van der Waals surface area contributed by atoms with Crippen molar-refractivity contribution in [1.29, 1.82) is 0 Å². The third-order valence-electron chi connectivity index (χ3n) is 3.41. The van der Waals surface area contributed by atoms with Crippen molar-refractivity contribution in [3.8, 4) is 0 Å². The molecule has 5 nitrogen and oxygen atoms in total. The number of aromatic nitrogens is 2. The fraction of sp³-hybridized carbons (Fsp3) is 0.733. The highest BCUT2D eigenvalue weighted by atomic mass is 15.1. The number of hydrogen-bond donors (Lipinski definition) is 2. The van der Waals surface area contributed by atoms with Gasteiger partial charge in [-0.1, -0.05) is 20.8 Å². The van der Waals surface area contributed by atoms with Crippen LogP contribution in [0.3, 0.4) is 0 Å². The number of aryl methyl sites for hydroxylation is 1. The van der Waals surface area contributed by atoms with Crippen LogP contribution in [0.2, 0.25) is 0 Å². The zero-order chi connectivity index (χ0) is 15.0. The Kier molecular flexibility index (Phi) is 7.30. The molecule has 0 aliphatic carbocycles. The maximum Gasteiger partial charge on any atom is 0.134 e. The van der Waals surface area contributed by atoms with Crippen LogP contribution in [0.15, 0.2) is 0 Å². The molecule has 20 heavy (non-hydrogen) atoms. The van der Waals surface area contributed by atoms with Gasteiger partial charge in [0.25, 0.3) is 0 Å². The van der Waals surface area contributed by atoms with Gasteiger partial charge in [-0.05, 0) is 32.9 Å². The third-order valence-corrected chi connectivity index (χ3v) is 3.41. The van der Waals surface area contributed by atoms with Crippen LogP contribution in [-0.4, -0.2) is 41.0 Å². The van der Waals surface area contributed by atoms with Gasteiger partial charge in [0.2, 0.25) is 0 Å². The highest BCUT2D eigenvalue weighted by Crippen LogP contribution is 2.17. The first kappa shape index (κ1) is 16.7. The number of nitrogens with one attached hydrogen (secondary N) is 1. The molecule has 114 valence electrons. The minimum absolute atomic E-state index is 0.590. The Morgan fingerprint density at radius 2 is 1.85 bits per heavy atom. The Morgan fingerprint density at radius 3 is 2.45 bits per heavy atom. The van der Waals surface area contributed by atoms with E-state index in [9.17, 15) is 0 Å². The molecular weight excluding hydrogens is 250 g/mol. The Hall–Kier alpha value is -1.36. The predicted octanol–water partition coefficient (Wildman–Crippen LogP) is 2.46. The van der Waals surface area contributed by atoms with Gasteiger partial charge < -0.3 is 16.0 Å². The summed E-state index contributed by atoms with van der Waals surface area (Å²) in [5.41, 5.74) is 6.90. The van der Waals surface area contributed by atoms with Gasteiger partial charge in [-0.25, -0.2) is 9.97 Å². The van der Waals surface area contributed by atoms with E-state index in [-0.39, 0.29) is 0 Å². The zero-order valence-corrected chi connectivity index (χ0v) is 13.4. The molecule has 1 heterocycles. The van der Waals surface area contributed by atoms with Crippen LogP contribution in [-0.2, 0) is 6.42 Å². The zero-order valence-electron chi connectivity index (χ0n) is 13.4. The van der Waals surface area contributed by atoms with E-state index >= 15 is 0 Å². The molecule has 0 amide bonds. The van der Waals surface area contributed by atoms with E-state index in [1.807, 2.05) is 6.92 Å². The first-order chi connectivity index (χ1) is 9.62. The Morgan fingerprint density at radius 1 is 1.10 bits per heavy atom. The van der Waals surface area contributed by atoms with Crippen LogP contribution < -0.4 is 11.1 Å². The summed E-state index contributed by atoms with van der Waals surface area (Å²) < 4.78 is 0. The number of nitrogens with zero attached hydrogens (tertiary/aromatic N) is 3. The van der Waals surface area contributed by atoms with Gasteiger partial charge in [0.1, 0.15) is 17.5 Å². The molecule has 0 aliphatic heterocycles. The van der Waals surface area contributed by atoms with Gasteiger partial charge in [0, 0.05) is 25.1 Å². The number of hydrogen-bond acceptors (Lipinski definition) is 5. The van der Waals surface area contributed by atoms with Crippen LogP contribution in [0, 0.1) is 6.92 Å². The normalized spacial score (nSPS) is 11.1. The maximum atomic E-state index is 5.96. The van der Waals surface area contributed by atoms with Gasteiger partial charge >= 0.3 is 0 Å². The summed E-state index contributed by atoms with van der Waals surface area (Å²) in [4.78, 5) is 11.3. The largest absolute Gasteiger partial charge is 0.383 e. The molecule has 0 fully saturated rings. The topological polar surface area (TPSA) is 67.1 Å². The molecule has 3 N–H and O–H groups in total. The summed E-state index contributed by atoms with van der Waals surface area (Å²) in [5, 5.41) is 3.40. The van der Waals surface area contributed by atoms with Crippen LogP contribution >= 0.6 is 0 Å². The average Bonchev–Trinajstić information content (AvgIpc) is 2.43. The lowest BCUT2D eigenvalue weighted by Crippen LogP contribution is -2.30. The van der Waals surface area contributed by atoms with E-state index in [4.69, 9.17) is 5.73 Å². The first-order valence-corrected chi connectivity index (χ1v) is 7.71. The van der Waals surface area contributed by atoms with Crippen LogP contribution in [0.1, 0.15) is 45.0 Å². The van der Waals surface area contributed by atoms with Crippen molar-refractivity contribution in [2.45, 2.75) is 47.0 Å². The molecule has 0 aromatic carbocycles. The summed E-state index contributed by atoms with van der Waals surface area (Å²) in [6.07, 6.45) is 3.09.